The topological polar surface area (TPSA) is 78.7 Å². The average Bonchev–Trinajstić information content (AvgIpc) is 2.70. The number of nitro benzene ring substituents is 1. The second kappa shape index (κ2) is 9.52. The van der Waals surface area contributed by atoms with E-state index in [1.54, 1.807) is 19.1 Å². The fourth-order valence-corrected chi connectivity index (χ4v) is 3.77. The van der Waals surface area contributed by atoms with E-state index in [4.69, 9.17) is 0 Å². The first-order valence-corrected chi connectivity index (χ1v) is 10.0. The summed E-state index contributed by atoms with van der Waals surface area (Å²) in [4.78, 5) is 27.6. The Morgan fingerprint density at radius 2 is 1.90 bits per heavy atom. The first-order chi connectivity index (χ1) is 13.9. The molecule has 0 spiro atoms. The van der Waals surface area contributed by atoms with Gasteiger partial charge in [0.2, 0.25) is 5.91 Å². The summed E-state index contributed by atoms with van der Waals surface area (Å²) in [6.45, 7) is 4.71. The van der Waals surface area contributed by atoms with Crippen molar-refractivity contribution in [2.75, 3.05) is 36.9 Å². The molecule has 2 aromatic rings. The number of carbonyl (C=O) groups is 1. The molecule has 0 unspecified atom stereocenters. The van der Waals surface area contributed by atoms with Crippen LogP contribution >= 0.6 is 0 Å². The van der Waals surface area contributed by atoms with Crippen molar-refractivity contribution in [2.24, 2.45) is 0 Å². The van der Waals surface area contributed by atoms with Crippen molar-refractivity contribution in [3.8, 4) is 0 Å². The van der Waals surface area contributed by atoms with Crippen LogP contribution in [0.4, 0.5) is 17.1 Å². The number of amides is 1. The fourth-order valence-electron chi connectivity index (χ4n) is 3.77. The van der Waals surface area contributed by atoms with Crippen molar-refractivity contribution in [3.05, 3.63) is 63.7 Å². The number of aryl methyl sites for hydroxylation is 1. The number of rotatable bonds is 7. The van der Waals surface area contributed by atoms with Crippen molar-refractivity contribution in [2.45, 2.75) is 32.7 Å². The van der Waals surface area contributed by atoms with Gasteiger partial charge in [-0.2, -0.15) is 0 Å². The number of likely N-dealkylation sites (N-methyl/N-ethyl adjacent to an activating group) is 1. The van der Waals surface area contributed by atoms with Crippen LogP contribution < -0.4 is 10.2 Å². The molecule has 1 fully saturated rings. The van der Waals surface area contributed by atoms with Gasteiger partial charge in [0.25, 0.3) is 5.69 Å². The Kier molecular flexibility index (Phi) is 6.82. The Bertz CT molecular complexity index is 878. The lowest BCUT2D eigenvalue weighted by molar-refractivity contribution is -0.384. The highest BCUT2D eigenvalue weighted by Crippen LogP contribution is 2.26. The van der Waals surface area contributed by atoms with Crippen LogP contribution in [-0.4, -0.2) is 42.4 Å². The molecule has 0 aromatic heterocycles. The third-order valence-electron chi connectivity index (χ3n) is 5.17. The van der Waals surface area contributed by atoms with Gasteiger partial charge in [0.05, 0.1) is 11.5 Å². The van der Waals surface area contributed by atoms with Gasteiger partial charge < -0.3 is 10.2 Å². The Morgan fingerprint density at radius 1 is 1.17 bits per heavy atom. The number of hydrogen-bond acceptors (Lipinski definition) is 5. The number of nitrogens with one attached hydrogen (secondary N) is 1. The molecule has 1 amide bonds. The first kappa shape index (κ1) is 20.8. The van der Waals surface area contributed by atoms with E-state index in [-0.39, 0.29) is 23.8 Å². The van der Waals surface area contributed by atoms with E-state index in [2.05, 4.69) is 28.4 Å². The number of piperidine rings is 1. The van der Waals surface area contributed by atoms with Gasteiger partial charge in [-0.05, 0) is 56.5 Å². The summed E-state index contributed by atoms with van der Waals surface area (Å²) >= 11 is 0. The number of anilines is 2. The average molecular weight is 396 g/mol. The number of nitrogens with zero attached hydrogens (tertiary/aromatic N) is 3. The lowest BCUT2D eigenvalue weighted by Gasteiger charge is -2.31. The van der Waals surface area contributed by atoms with Crippen molar-refractivity contribution < 1.29 is 9.72 Å². The van der Waals surface area contributed by atoms with Gasteiger partial charge in [0, 0.05) is 31.4 Å². The number of carbonyl (C=O) groups excluding carboxylic acids is 1. The van der Waals surface area contributed by atoms with E-state index in [1.165, 1.54) is 36.6 Å². The zero-order valence-electron chi connectivity index (χ0n) is 17.1. The molecule has 1 saturated heterocycles. The van der Waals surface area contributed by atoms with E-state index in [0.29, 0.717) is 6.54 Å². The molecule has 0 radical (unpaired) electrons. The maximum atomic E-state index is 12.5. The highest BCUT2D eigenvalue weighted by Gasteiger charge is 2.18. The van der Waals surface area contributed by atoms with Gasteiger partial charge in [0.15, 0.2) is 0 Å². The quantitative estimate of drug-likeness (QED) is 0.566. The highest BCUT2D eigenvalue weighted by atomic mass is 16.6. The van der Waals surface area contributed by atoms with Crippen LogP contribution in [0.2, 0.25) is 0 Å². The molecule has 0 bridgehead atoms. The van der Waals surface area contributed by atoms with Crippen LogP contribution in [0.1, 0.15) is 30.4 Å². The molecule has 0 saturated carbocycles. The molecule has 154 valence electrons. The summed E-state index contributed by atoms with van der Waals surface area (Å²) in [5.41, 5.74) is 3.34. The molecule has 7 heteroatoms. The molecular weight excluding hydrogens is 368 g/mol. The third-order valence-corrected chi connectivity index (χ3v) is 5.17. The van der Waals surface area contributed by atoms with Crippen LogP contribution in [-0.2, 0) is 11.3 Å². The third kappa shape index (κ3) is 5.54. The lowest BCUT2D eigenvalue weighted by Crippen LogP contribution is -2.33. The summed E-state index contributed by atoms with van der Waals surface area (Å²) in [5.74, 6) is -0.269. The molecule has 0 aliphatic carbocycles. The largest absolute Gasteiger partial charge is 0.371 e. The molecule has 3 rings (SSSR count). The summed E-state index contributed by atoms with van der Waals surface area (Å²) in [7, 11) is 1.89. The number of nitro groups is 1. The Morgan fingerprint density at radius 3 is 2.62 bits per heavy atom. The van der Waals surface area contributed by atoms with Gasteiger partial charge in [0.1, 0.15) is 5.69 Å². The summed E-state index contributed by atoms with van der Waals surface area (Å²) in [6.07, 6.45) is 3.70. The smallest absolute Gasteiger partial charge is 0.293 e. The summed E-state index contributed by atoms with van der Waals surface area (Å²) < 4.78 is 0. The van der Waals surface area contributed by atoms with Gasteiger partial charge >= 0.3 is 0 Å². The van der Waals surface area contributed by atoms with E-state index in [0.717, 1.165) is 18.7 Å². The minimum absolute atomic E-state index is 0.0866. The maximum Gasteiger partial charge on any atom is 0.293 e. The van der Waals surface area contributed by atoms with Crippen LogP contribution in [0.3, 0.4) is 0 Å². The number of para-hydroxylation sites is 1. The van der Waals surface area contributed by atoms with E-state index in [1.807, 2.05) is 18.0 Å². The maximum absolute atomic E-state index is 12.5. The Balaban J connectivity index is 1.64. The SMILES string of the molecule is Cc1ccc(NC(=O)CN(C)Cc2ccccc2N2CCCCC2)c([N+](=O)[O-])c1. The standard InChI is InChI=1S/C22H28N4O3/c1-17-10-11-19(21(14-17)26(28)29)23-22(27)16-24(2)15-18-8-4-5-9-20(18)25-12-6-3-7-13-25/h4-5,8-11,14H,3,6-7,12-13,15-16H2,1-2H3,(H,23,27). The lowest BCUT2D eigenvalue weighted by atomic mass is 10.1. The normalized spacial score (nSPS) is 14.1. The number of benzene rings is 2. The Labute approximate surface area is 171 Å². The predicted octanol–water partition coefficient (Wildman–Crippen LogP) is 3.96. The fraction of sp³-hybridized carbons (Fsp3) is 0.409. The second-order valence-electron chi connectivity index (χ2n) is 7.67. The monoisotopic (exact) mass is 396 g/mol. The molecule has 7 nitrogen and oxygen atoms in total. The van der Waals surface area contributed by atoms with Crippen LogP contribution in [0.15, 0.2) is 42.5 Å². The van der Waals surface area contributed by atoms with Crippen LogP contribution in [0.25, 0.3) is 0 Å². The molecule has 0 atom stereocenters. The van der Waals surface area contributed by atoms with E-state index in [9.17, 15) is 14.9 Å². The minimum Gasteiger partial charge on any atom is -0.371 e. The predicted molar refractivity (Wildman–Crippen MR) is 115 cm³/mol. The summed E-state index contributed by atoms with van der Waals surface area (Å²) in [5, 5.41) is 13.9. The van der Waals surface area contributed by atoms with E-state index >= 15 is 0 Å². The molecule has 29 heavy (non-hydrogen) atoms. The second-order valence-corrected chi connectivity index (χ2v) is 7.67. The van der Waals surface area contributed by atoms with Crippen molar-refractivity contribution in [1.29, 1.82) is 0 Å². The highest BCUT2D eigenvalue weighted by molar-refractivity contribution is 5.94. The molecule has 1 heterocycles. The van der Waals surface area contributed by atoms with Gasteiger partial charge in [-0.3, -0.25) is 19.8 Å². The molecule has 1 aliphatic rings. The first-order valence-electron chi connectivity index (χ1n) is 10.0. The molecular formula is C22H28N4O3. The zero-order chi connectivity index (χ0) is 20.8. The van der Waals surface area contributed by atoms with Gasteiger partial charge in [-0.25, -0.2) is 0 Å². The molecule has 1 aliphatic heterocycles. The van der Waals surface area contributed by atoms with Crippen LogP contribution in [0.5, 0.6) is 0 Å². The number of hydrogen-bond donors (Lipinski definition) is 1. The van der Waals surface area contributed by atoms with Crippen molar-refractivity contribution in [3.63, 3.8) is 0 Å². The van der Waals surface area contributed by atoms with Crippen molar-refractivity contribution >= 4 is 23.0 Å². The van der Waals surface area contributed by atoms with Crippen LogP contribution in [0, 0.1) is 17.0 Å². The van der Waals surface area contributed by atoms with E-state index < -0.39 is 4.92 Å². The minimum atomic E-state index is -0.471. The van der Waals surface area contributed by atoms with Gasteiger partial charge in [-0.1, -0.05) is 24.3 Å². The van der Waals surface area contributed by atoms with Crippen molar-refractivity contribution in [1.82, 2.24) is 4.90 Å². The zero-order valence-corrected chi connectivity index (χ0v) is 17.1. The molecule has 1 N–H and O–H groups in total. The Hall–Kier alpha value is -2.93. The summed E-state index contributed by atoms with van der Waals surface area (Å²) in [6, 6.07) is 13.1. The van der Waals surface area contributed by atoms with Gasteiger partial charge in [-0.15, -0.1) is 0 Å². The molecule has 2 aromatic carbocycles.